The van der Waals surface area contributed by atoms with Gasteiger partial charge >= 0.3 is 0 Å². The maximum absolute atomic E-state index is 11.7. The number of amides is 1. The van der Waals surface area contributed by atoms with Crippen LogP contribution in [0.4, 0.5) is 0 Å². The second-order valence-electron chi connectivity index (χ2n) is 4.99. The van der Waals surface area contributed by atoms with E-state index in [1.54, 1.807) is 25.3 Å². The highest BCUT2D eigenvalue weighted by atomic mass is 35.5. The van der Waals surface area contributed by atoms with Crippen molar-refractivity contribution < 1.29 is 14.3 Å². The molecule has 0 spiro atoms. The Kier molecular flexibility index (Phi) is 5.51. The maximum Gasteiger partial charge on any atom is 0.244 e. The van der Waals surface area contributed by atoms with Gasteiger partial charge in [0.05, 0.1) is 18.7 Å². The zero-order valence-electron chi connectivity index (χ0n) is 12.3. The van der Waals surface area contributed by atoms with E-state index in [9.17, 15) is 4.79 Å². The third-order valence-electron chi connectivity index (χ3n) is 3.23. The molecule has 2 rings (SSSR count). The number of ether oxygens (including phenoxy) is 2. The van der Waals surface area contributed by atoms with Crippen LogP contribution in [-0.2, 0) is 4.79 Å². The molecule has 114 valence electrons. The molecule has 1 amide bonds. The Labute approximate surface area is 130 Å². The van der Waals surface area contributed by atoms with Gasteiger partial charge in [-0.15, -0.1) is 0 Å². The lowest BCUT2D eigenvalue weighted by molar-refractivity contribution is -0.116. The van der Waals surface area contributed by atoms with Crippen LogP contribution in [0.1, 0.15) is 25.3 Å². The van der Waals surface area contributed by atoms with Gasteiger partial charge in [-0.3, -0.25) is 4.79 Å². The van der Waals surface area contributed by atoms with Crippen LogP contribution in [0.25, 0.3) is 6.08 Å². The largest absolute Gasteiger partial charge is 0.493 e. The monoisotopic (exact) mass is 309 g/mol. The molecule has 4 nitrogen and oxygen atoms in total. The Balaban J connectivity index is 2.04. The number of hydrogen-bond donors (Lipinski definition) is 1. The molecule has 0 aliphatic heterocycles. The third kappa shape index (κ3) is 4.67. The summed E-state index contributed by atoms with van der Waals surface area (Å²) in [5, 5.41) is 3.34. The molecule has 0 saturated heterocycles. The Morgan fingerprint density at radius 1 is 1.48 bits per heavy atom. The molecular formula is C16H20ClNO3. The summed E-state index contributed by atoms with van der Waals surface area (Å²) in [6.45, 7) is 3.15. The number of halogens is 1. The van der Waals surface area contributed by atoms with Gasteiger partial charge < -0.3 is 14.8 Å². The van der Waals surface area contributed by atoms with Crippen molar-refractivity contribution in [3.63, 3.8) is 0 Å². The Hall–Kier alpha value is -1.68. The first-order chi connectivity index (χ1) is 10.1. The molecule has 1 saturated carbocycles. The first-order valence-electron chi connectivity index (χ1n) is 7.10. The lowest BCUT2D eigenvalue weighted by atomic mass is 10.2. The molecule has 1 fully saturated rings. The number of carbonyl (C=O) groups excluding carboxylic acids is 1. The molecule has 0 heterocycles. The summed E-state index contributed by atoms with van der Waals surface area (Å²) >= 11 is 6.18. The fourth-order valence-corrected chi connectivity index (χ4v) is 2.19. The zero-order valence-corrected chi connectivity index (χ0v) is 13.1. The molecule has 1 aliphatic carbocycles. The van der Waals surface area contributed by atoms with Gasteiger partial charge in [-0.1, -0.05) is 11.6 Å². The second kappa shape index (κ2) is 7.36. The van der Waals surface area contributed by atoms with Crippen molar-refractivity contribution >= 4 is 23.6 Å². The number of carbonyl (C=O) groups is 1. The number of rotatable bonds is 7. The molecule has 1 aromatic rings. The smallest absolute Gasteiger partial charge is 0.244 e. The average molecular weight is 310 g/mol. The van der Waals surface area contributed by atoms with Crippen molar-refractivity contribution in [2.75, 3.05) is 20.3 Å². The van der Waals surface area contributed by atoms with E-state index < -0.39 is 0 Å². The molecule has 1 aromatic carbocycles. The van der Waals surface area contributed by atoms with E-state index in [4.69, 9.17) is 21.1 Å². The molecule has 0 bridgehead atoms. The van der Waals surface area contributed by atoms with Gasteiger partial charge in [0, 0.05) is 12.6 Å². The second-order valence-corrected chi connectivity index (χ2v) is 5.40. The molecule has 1 N–H and O–H groups in total. The normalized spacial score (nSPS) is 14.2. The van der Waals surface area contributed by atoms with E-state index in [0.29, 0.717) is 29.0 Å². The molecule has 5 heteroatoms. The van der Waals surface area contributed by atoms with Crippen molar-refractivity contribution in [3.05, 3.63) is 28.8 Å². The quantitative estimate of drug-likeness (QED) is 0.786. The molecular weight excluding hydrogens is 290 g/mol. The fourth-order valence-electron chi connectivity index (χ4n) is 1.92. The van der Waals surface area contributed by atoms with Crippen LogP contribution in [0.2, 0.25) is 5.02 Å². The number of nitrogens with one attached hydrogen (secondary N) is 1. The lowest BCUT2D eigenvalue weighted by Gasteiger charge is -2.11. The molecule has 1 aliphatic rings. The molecule has 21 heavy (non-hydrogen) atoms. The van der Waals surface area contributed by atoms with E-state index in [-0.39, 0.29) is 5.91 Å². The van der Waals surface area contributed by atoms with E-state index in [2.05, 4.69) is 5.32 Å². The van der Waals surface area contributed by atoms with Gasteiger partial charge in [-0.2, -0.15) is 0 Å². The summed E-state index contributed by atoms with van der Waals surface area (Å²) in [5.41, 5.74) is 0.793. The van der Waals surface area contributed by atoms with Gasteiger partial charge in [-0.25, -0.2) is 0 Å². The Morgan fingerprint density at radius 3 is 2.86 bits per heavy atom. The zero-order chi connectivity index (χ0) is 15.2. The minimum Gasteiger partial charge on any atom is -0.493 e. The molecule has 0 unspecified atom stereocenters. The summed E-state index contributed by atoms with van der Waals surface area (Å²) in [6, 6.07) is 3.54. The van der Waals surface area contributed by atoms with Crippen LogP contribution in [-0.4, -0.2) is 26.2 Å². The third-order valence-corrected chi connectivity index (χ3v) is 3.51. The van der Waals surface area contributed by atoms with Crippen molar-refractivity contribution in [1.82, 2.24) is 5.32 Å². The topological polar surface area (TPSA) is 47.6 Å². The van der Waals surface area contributed by atoms with Crippen LogP contribution in [0.15, 0.2) is 18.2 Å². The van der Waals surface area contributed by atoms with E-state index in [1.807, 2.05) is 6.92 Å². The summed E-state index contributed by atoms with van der Waals surface area (Å²) in [7, 11) is 1.56. The average Bonchev–Trinajstić information content (AvgIpc) is 3.29. The number of hydrogen-bond acceptors (Lipinski definition) is 3. The Morgan fingerprint density at radius 2 is 2.24 bits per heavy atom. The highest BCUT2D eigenvalue weighted by molar-refractivity contribution is 6.32. The summed E-state index contributed by atoms with van der Waals surface area (Å²) < 4.78 is 10.7. The van der Waals surface area contributed by atoms with Gasteiger partial charge in [0.1, 0.15) is 0 Å². The molecule has 0 radical (unpaired) electrons. The first-order valence-corrected chi connectivity index (χ1v) is 7.48. The summed E-state index contributed by atoms with van der Waals surface area (Å²) in [4.78, 5) is 11.7. The summed E-state index contributed by atoms with van der Waals surface area (Å²) in [6.07, 6.45) is 5.66. The van der Waals surface area contributed by atoms with Gasteiger partial charge in [-0.05, 0) is 49.5 Å². The number of benzene rings is 1. The van der Waals surface area contributed by atoms with Crippen molar-refractivity contribution in [3.8, 4) is 11.5 Å². The van der Waals surface area contributed by atoms with Gasteiger partial charge in [0.2, 0.25) is 5.91 Å². The minimum absolute atomic E-state index is 0.0918. The number of methoxy groups -OCH3 is 1. The van der Waals surface area contributed by atoms with Crippen LogP contribution < -0.4 is 14.8 Å². The van der Waals surface area contributed by atoms with Crippen LogP contribution in [0.3, 0.4) is 0 Å². The standard InChI is InChI=1S/C16H20ClNO3/c1-3-21-16-13(17)8-12(9-14(16)20-2)6-7-15(19)18-10-11-4-5-11/h6-9,11H,3-5,10H2,1-2H3,(H,18,19)/b7-6+. The SMILES string of the molecule is CCOc1c(Cl)cc(/C=C/C(=O)NCC2CC2)cc1OC. The first kappa shape index (κ1) is 15.7. The maximum atomic E-state index is 11.7. The Bertz CT molecular complexity index is 539. The highest BCUT2D eigenvalue weighted by Gasteiger charge is 2.21. The van der Waals surface area contributed by atoms with Crippen LogP contribution in [0.5, 0.6) is 11.5 Å². The van der Waals surface area contributed by atoms with Crippen LogP contribution >= 0.6 is 11.6 Å². The fraction of sp³-hybridized carbons (Fsp3) is 0.438. The van der Waals surface area contributed by atoms with Gasteiger partial charge in [0.15, 0.2) is 11.5 Å². The minimum atomic E-state index is -0.0918. The van der Waals surface area contributed by atoms with E-state index in [0.717, 1.165) is 12.1 Å². The molecule has 0 aromatic heterocycles. The van der Waals surface area contributed by atoms with Gasteiger partial charge in [0.25, 0.3) is 0 Å². The van der Waals surface area contributed by atoms with E-state index in [1.165, 1.54) is 18.9 Å². The summed E-state index contributed by atoms with van der Waals surface area (Å²) in [5.74, 6) is 1.66. The van der Waals surface area contributed by atoms with Crippen LogP contribution in [0, 0.1) is 5.92 Å². The van der Waals surface area contributed by atoms with Crippen molar-refractivity contribution in [1.29, 1.82) is 0 Å². The predicted octanol–water partition coefficient (Wildman–Crippen LogP) is 3.29. The predicted molar refractivity (Wildman–Crippen MR) is 83.9 cm³/mol. The van der Waals surface area contributed by atoms with Crippen molar-refractivity contribution in [2.45, 2.75) is 19.8 Å². The lowest BCUT2D eigenvalue weighted by Crippen LogP contribution is -2.23. The van der Waals surface area contributed by atoms with Crippen molar-refractivity contribution in [2.24, 2.45) is 5.92 Å². The highest BCUT2D eigenvalue weighted by Crippen LogP contribution is 2.36. The van der Waals surface area contributed by atoms with E-state index >= 15 is 0 Å². The molecule has 0 atom stereocenters.